The van der Waals surface area contributed by atoms with Crippen LogP contribution in [0.2, 0.25) is 10.0 Å². The molecule has 1 atom stereocenters. The van der Waals surface area contributed by atoms with E-state index in [0.29, 0.717) is 65.1 Å². The SMILES string of the molecule is Cc1cc(N2CC(C)n3c(c(CCCOc4cc(C)c(Cl)c(C)c4)c4ccc(Cl)c(-c5c(C)nc(CO)nc5C)c43)C2=O)c2c(c1)cc(C(=O)O)n2C. The van der Waals surface area contributed by atoms with Crippen LogP contribution in [0.3, 0.4) is 0 Å². The lowest BCUT2D eigenvalue weighted by molar-refractivity contribution is 0.0687. The maximum atomic E-state index is 15.1. The van der Waals surface area contributed by atoms with Crippen LogP contribution in [0.1, 0.15) is 79.8 Å². The number of aromatic carboxylic acids is 1. The van der Waals surface area contributed by atoms with E-state index in [1.807, 2.05) is 71.0 Å². The van der Waals surface area contributed by atoms with Gasteiger partial charge in [-0.1, -0.05) is 29.3 Å². The Labute approximate surface area is 317 Å². The Kier molecular flexibility index (Phi) is 9.51. The number of hydrogen-bond acceptors (Lipinski definition) is 6. The highest BCUT2D eigenvalue weighted by Crippen LogP contribution is 2.45. The van der Waals surface area contributed by atoms with E-state index in [0.717, 1.165) is 60.4 Å². The van der Waals surface area contributed by atoms with Gasteiger partial charge >= 0.3 is 5.97 Å². The van der Waals surface area contributed by atoms with Crippen molar-refractivity contribution < 1.29 is 24.5 Å². The normalized spacial score (nSPS) is 14.4. The number of aliphatic hydroxyl groups is 1. The Morgan fingerprint density at radius 2 is 1.64 bits per heavy atom. The summed E-state index contributed by atoms with van der Waals surface area (Å²) in [6, 6.07) is 13.0. The van der Waals surface area contributed by atoms with E-state index in [1.165, 1.54) is 0 Å². The molecule has 1 aliphatic rings. The third-order valence-corrected chi connectivity index (χ3v) is 11.2. The van der Waals surface area contributed by atoms with Crippen LogP contribution in [-0.2, 0) is 20.1 Å². The summed E-state index contributed by atoms with van der Waals surface area (Å²) in [7, 11) is 1.72. The molecule has 3 aromatic carbocycles. The van der Waals surface area contributed by atoms with Crippen LogP contribution >= 0.6 is 23.2 Å². The van der Waals surface area contributed by atoms with Crippen molar-refractivity contribution in [2.24, 2.45) is 7.05 Å². The largest absolute Gasteiger partial charge is 0.494 e. The molecule has 6 aromatic rings. The second-order valence-electron chi connectivity index (χ2n) is 14.1. The summed E-state index contributed by atoms with van der Waals surface area (Å²) in [5.74, 6) is -0.162. The average Bonchev–Trinajstić information content (AvgIpc) is 3.62. The zero-order valence-corrected chi connectivity index (χ0v) is 32.3. The number of benzene rings is 3. The zero-order valence-electron chi connectivity index (χ0n) is 30.8. The Bertz CT molecular complexity index is 2450. The number of aryl methyl sites for hydroxylation is 7. The predicted molar refractivity (Wildman–Crippen MR) is 209 cm³/mol. The van der Waals surface area contributed by atoms with E-state index in [4.69, 9.17) is 27.9 Å². The summed E-state index contributed by atoms with van der Waals surface area (Å²) in [6.45, 7) is 12.1. The fraction of sp³-hybridized carbons (Fsp3) is 0.317. The first-order valence-corrected chi connectivity index (χ1v) is 18.3. The first kappa shape index (κ1) is 36.5. The van der Waals surface area contributed by atoms with Crippen LogP contribution < -0.4 is 9.64 Å². The van der Waals surface area contributed by atoms with Crippen molar-refractivity contribution in [1.82, 2.24) is 19.1 Å². The molecule has 1 aliphatic heterocycles. The highest BCUT2D eigenvalue weighted by Gasteiger charge is 2.37. The van der Waals surface area contributed by atoms with Crippen molar-refractivity contribution in [1.29, 1.82) is 0 Å². The minimum Gasteiger partial charge on any atom is -0.494 e. The molecule has 0 fully saturated rings. The van der Waals surface area contributed by atoms with Gasteiger partial charge in [0, 0.05) is 57.9 Å². The Hall–Kier alpha value is -4.90. The molecule has 0 spiro atoms. The van der Waals surface area contributed by atoms with Crippen molar-refractivity contribution in [3.8, 4) is 16.9 Å². The highest BCUT2D eigenvalue weighted by molar-refractivity contribution is 6.35. The Morgan fingerprint density at radius 1 is 0.962 bits per heavy atom. The first-order chi connectivity index (χ1) is 25.2. The van der Waals surface area contributed by atoms with Gasteiger partial charge in [0.05, 0.1) is 28.4 Å². The van der Waals surface area contributed by atoms with Gasteiger partial charge in [-0.2, -0.15) is 0 Å². The summed E-state index contributed by atoms with van der Waals surface area (Å²) < 4.78 is 9.96. The molecule has 274 valence electrons. The number of carbonyl (C=O) groups excluding carboxylic acids is 1. The number of anilines is 1. The van der Waals surface area contributed by atoms with Crippen LogP contribution in [0.5, 0.6) is 5.75 Å². The second-order valence-corrected chi connectivity index (χ2v) is 14.8. The fourth-order valence-electron chi connectivity index (χ4n) is 8.06. The number of carboxylic acids is 1. The van der Waals surface area contributed by atoms with Gasteiger partial charge in [0.1, 0.15) is 23.7 Å². The van der Waals surface area contributed by atoms with Gasteiger partial charge in [0.15, 0.2) is 5.82 Å². The second kappa shape index (κ2) is 13.8. The standard InChI is InChI=1S/C41H41Cl2N5O5/c1-20-13-26-17-32(41(51)52)46(7)37(26)31(14-20)47-18-23(4)48-38-29(10-11-30(42)35(38)34-24(5)44-33(19-49)45-25(34)6)28(39(48)40(47)50)9-8-12-53-27-15-21(2)36(43)22(3)16-27/h10-11,13-17,23,49H,8-9,12,18-19H2,1-7H3,(H,51,52). The van der Waals surface area contributed by atoms with Gasteiger partial charge in [-0.15, -0.1) is 0 Å². The van der Waals surface area contributed by atoms with E-state index in [2.05, 4.69) is 21.5 Å². The molecule has 7 rings (SSSR count). The minimum absolute atomic E-state index is 0.143. The van der Waals surface area contributed by atoms with Crippen LogP contribution in [0.25, 0.3) is 32.9 Å². The third kappa shape index (κ3) is 6.12. The summed E-state index contributed by atoms with van der Waals surface area (Å²) in [6.07, 6.45) is 1.15. The molecule has 0 aliphatic carbocycles. The number of hydrogen-bond donors (Lipinski definition) is 2. The number of halogens is 2. The minimum atomic E-state index is -1.04. The molecule has 0 bridgehead atoms. The predicted octanol–water partition coefficient (Wildman–Crippen LogP) is 8.86. The number of aromatic nitrogens is 4. The molecule has 0 saturated heterocycles. The van der Waals surface area contributed by atoms with Crippen molar-refractivity contribution in [2.75, 3.05) is 18.1 Å². The van der Waals surface area contributed by atoms with Gasteiger partial charge in [0.2, 0.25) is 0 Å². The van der Waals surface area contributed by atoms with Gasteiger partial charge in [-0.25, -0.2) is 14.8 Å². The topological polar surface area (TPSA) is 123 Å². The van der Waals surface area contributed by atoms with Crippen molar-refractivity contribution >= 4 is 62.6 Å². The van der Waals surface area contributed by atoms with Crippen molar-refractivity contribution in [2.45, 2.75) is 67.0 Å². The average molecular weight is 755 g/mol. The van der Waals surface area contributed by atoms with Crippen LogP contribution in [0, 0.1) is 34.6 Å². The molecule has 1 unspecified atom stereocenters. The molecule has 0 saturated carbocycles. The number of fused-ring (bicyclic) bond motifs is 4. The molecule has 4 heterocycles. The zero-order chi connectivity index (χ0) is 38.0. The number of rotatable bonds is 9. The van der Waals surface area contributed by atoms with Crippen molar-refractivity contribution in [3.63, 3.8) is 0 Å². The van der Waals surface area contributed by atoms with Gasteiger partial charge in [-0.3, -0.25) is 4.79 Å². The fourth-order valence-corrected chi connectivity index (χ4v) is 8.41. The number of aliphatic hydroxyl groups excluding tert-OH is 1. The highest BCUT2D eigenvalue weighted by atomic mass is 35.5. The molecule has 1 amide bonds. The van der Waals surface area contributed by atoms with Gasteiger partial charge < -0.3 is 29.0 Å². The molecule has 0 radical (unpaired) electrons. The molecule has 2 N–H and O–H groups in total. The van der Waals surface area contributed by atoms with Crippen LogP contribution in [-0.4, -0.2) is 54.3 Å². The van der Waals surface area contributed by atoms with E-state index in [-0.39, 0.29) is 24.2 Å². The maximum absolute atomic E-state index is 15.1. The number of carboxylic acid groups (broad SMARTS) is 1. The lowest BCUT2D eigenvalue weighted by atomic mass is 9.97. The molecule has 53 heavy (non-hydrogen) atoms. The number of nitrogens with zero attached hydrogens (tertiary/aromatic N) is 5. The molecule has 12 heteroatoms. The van der Waals surface area contributed by atoms with Crippen LogP contribution in [0.15, 0.2) is 42.5 Å². The maximum Gasteiger partial charge on any atom is 0.352 e. The first-order valence-electron chi connectivity index (χ1n) is 17.6. The van der Waals surface area contributed by atoms with E-state index >= 15 is 4.79 Å². The summed E-state index contributed by atoms with van der Waals surface area (Å²) in [5.41, 5.74) is 9.36. The molecule has 10 nitrogen and oxygen atoms in total. The van der Waals surface area contributed by atoms with Crippen LogP contribution in [0.4, 0.5) is 5.69 Å². The quantitative estimate of drug-likeness (QED) is 0.142. The Balaban J connectivity index is 1.41. The monoisotopic (exact) mass is 753 g/mol. The summed E-state index contributed by atoms with van der Waals surface area (Å²) in [5, 5.41) is 22.6. The Morgan fingerprint density at radius 3 is 2.28 bits per heavy atom. The number of ether oxygens (including phenoxy) is 1. The molecular weight excluding hydrogens is 713 g/mol. The number of carbonyl (C=O) groups is 2. The summed E-state index contributed by atoms with van der Waals surface area (Å²) >= 11 is 13.5. The number of amides is 1. The van der Waals surface area contributed by atoms with E-state index in [1.54, 1.807) is 22.6 Å². The van der Waals surface area contributed by atoms with Gasteiger partial charge in [-0.05, 0) is 113 Å². The van der Waals surface area contributed by atoms with Crippen molar-refractivity contribution in [3.05, 3.63) is 103 Å². The van der Waals surface area contributed by atoms with E-state index in [9.17, 15) is 15.0 Å². The lowest BCUT2D eigenvalue weighted by Crippen LogP contribution is -2.43. The third-order valence-electron chi connectivity index (χ3n) is 10.3. The lowest BCUT2D eigenvalue weighted by Gasteiger charge is -2.35. The summed E-state index contributed by atoms with van der Waals surface area (Å²) in [4.78, 5) is 38.2. The molecule has 3 aromatic heterocycles. The molecular formula is C41H41Cl2N5O5. The van der Waals surface area contributed by atoms with Gasteiger partial charge in [0.25, 0.3) is 5.91 Å². The smallest absolute Gasteiger partial charge is 0.352 e. The van der Waals surface area contributed by atoms with E-state index < -0.39 is 5.97 Å².